The lowest BCUT2D eigenvalue weighted by Gasteiger charge is -2.34. The third-order valence-corrected chi connectivity index (χ3v) is 12.2. The summed E-state index contributed by atoms with van der Waals surface area (Å²) in [5.41, 5.74) is 8.26. The summed E-state index contributed by atoms with van der Waals surface area (Å²) in [6.45, 7) is 12.7. The van der Waals surface area contributed by atoms with E-state index in [4.69, 9.17) is 33.4 Å². The summed E-state index contributed by atoms with van der Waals surface area (Å²) in [5.74, 6) is -1.39. The van der Waals surface area contributed by atoms with Gasteiger partial charge in [-0.05, 0) is 41.3 Å². The van der Waals surface area contributed by atoms with Crippen molar-refractivity contribution < 1.29 is 58.0 Å². The lowest BCUT2D eigenvalue weighted by molar-refractivity contribution is -0.259. The van der Waals surface area contributed by atoms with Crippen LogP contribution in [0.4, 0.5) is 5.69 Å². The zero-order valence-corrected chi connectivity index (χ0v) is 37.9. The average molecular weight is 925 g/mol. The minimum absolute atomic E-state index is 0.0588. The molecule has 18 nitrogen and oxygen atoms in total. The van der Waals surface area contributed by atoms with Crippen molar-refractivity contribution in [3.8, 4) is 17.2 Å². The summed E-state index contributed by atoms with van der Waals surface area (Å²) in [5, 5.41) is 24.5. The summed E-state index contributed by atoms with van der Waals surface area (Å²) in [4.78, 5) is 57.9. The van der Waals surface area contributed by atoms with Crippen LogP contribution in [0, 0.1) is 6.92 Å². The number of nitrogens with one attached hydrogen (secondary N) is 2. The van der Waals surface area contributed by atoms with Gasteiger partial charge in [0.1, 0.15) is 29.4 Å². The molecular formula is C49H60N6O12. The van der Waals surface area contributed by atoms with Crippen LogP contribution in [0.5, 0.6) is 17.2 Å². The fourth-order valence-electron chi connectivity index (χ4n) is 8.58. The Morgan fingerprint density at radius 3 is 2.19 bits per heavy atom. The Kier molecular flexibility index (Phi) is 16.7. The van der Waals surface area contributed by atoms with E-state index in [1.165, 1.54) is 11.6 Å². The molecule has 4 aliphatic rings. The van der Waals surface area contributed by atoms with Crippen LogP contribution in [0.1, 0.15) is 65.3 Å². The van der Waals surface area contributed by atoms with Crippen LogP contribution in [0.25, 0.3) is 0 Å². The molecule has 1 atom stereocenters. The minimum Gasteiger partial charge on any atom is -0.507 e. The zero-order valence-electron chi connectivity index (χ0n) is 37.9. The maximum absolute atomic E-state index is 13.9. The number of ether oxygens (including phenoxy) is 5. The molecule has 358 valence electrons. The van der Waals surface area contributed by atoms with E-state index in [0.29, 0.717) is 108 Å². The molecule has 0 aromatic heterocycles. The molecule has 2 fully saturated rings. The molecule has 2 saturated heterocycles. The number of carbonyl (C=O) groups is 3. The van der Waals surface area contributed by atoms with Crippen molar-refractivity contribution in [3.05, 3.63) is 117 Å². The largest absolute Gasteiger partial charge is 0.507 e. The summed E-state index contributed by atoms with van der Waals surface area (Å²) >= 11 is 0. The number of nitrogens with zero attached hydrogens (tertiary/aromatic N) is 4. The Bertz CT molecular complexity index is 2320. The van der Waals surface area contributed by atoms with E-state index >= 15 is 0 Å². The second kappa shape index (κ2) is 23.4. The molecule has 4 heterocycles. The van der Waals surface area contributed by atoms with Crippen molar-refractivity contribution in [2.45, 2.75) is 45.8 Å². The van der Waals surface area contributed by atoms with Crippen molar-refractivity contribution in [1.29, 1.82) is 0 Å². The Morgan fingerprint density at radius 1 is 0.761 bits per heavy atom. The standard InChI is InChI=1S/C49H60N6O12/c1-34-41(56)29-42(57)45(46(34)65-33-35-6-3-2-4-7-35)48(59)54-31-37-11-10-36(28-38(37)32-54)30-53-16-14-52(15-17-53)18-21-62-23-25-64-27-26-63-24-22-61-20-13-50-40-9-5-8-39-44(40)49(60)55(47(39)58)43-12-19-66-51-67-43/h2-11,28-29,43,50-51,56-57H,12-27,30-33H2,1H3. The Labute approximate surface area is 390 Å². The third kappa shape index (κ3) is 12.1. The Hall–Kier alpha value is -5.67. The van der Waals surface area contributed by atoms with E-state index in [9.17, 15) is 24.6 Å². The first-order chi connectivity index (χ1) is 32.7. The highest BCUT2D eigenvalue weighted by Gasteiger charge is 2.43. The van der Waals surface area contributed by atoms with Gasteiger partial charge in [0.15, 0.2) is 6.23 Å². The van der Waals surface area contributed by atoms with E-state index in [-0.39, 0.29) is 35.3 Å². The maximum atomic E-state index is 13.9. The van der Waals surface area contributed by atoms with Crippen LogP contribution in [-0.4, -0.2) is 152 Å². The molecular weight excluding hydrogens is 865 g/mol. The lowest BCUT2D eigenvalue weighted by atomic mass is 10.1. The number of phenols is 2. The van der Waals surface area contributed by atoms with Crippen molar-refractivity contribution >= 4 is 23.4 Å². The number of benzene rings is 4. The molecule has 0 saturated carbocycles. The number of aromatic hydroxyl groups is 2. The van der Waals surface area contributed by atoms with Gasteiger partial charge in [0.2, 0.25) is 0 Å². The SMILES string of the molecule is Cc1c(O)cc(O)c(C(=O)N2Cc3ccc(CN4CCN(CCOCCOCCOCCOCCNc5cccc6c5C(=O)N(C5CCONO5)C6=O)CC4)cc3C2)c1OCc1ccccc1. The van der Waals surface area contributed by atoms with Gasteiger partial charge < -0.3 is 44.1 Å². The summed E-state index contributed by atoms with van der Waals surface area (Å²) < 4.78 is 28.8. The van der Waals surface area contributed by atoms with Gasteiger partial charge >= 0.3 is 0 Å². The summed E-state index contributed by atoms with van der Waals surface area (Å²) in [6, 6.07) is 22.3. The molecule has 0 aliphatic carbocycles. The monoisotopic (exact) mass is 924 g/mol. The van der Waals surface area contributed by atoms with Crippen molar-refractivity contribution in [1.82, 2.24) is 25.2 Å². The predicted molar refractivity (Wildman–Crippen MR) is 244 cm³/mol. The maximum Gasteiger partial charge on any atom is 0.265 e. The first-order valence-electron chi connectivity index (χ1n) is 22.9. The lowest BCUT2D eigenvalue weighted by Crippen LogP contribution is -2.47. The van der Waals surface area contributed by atoms with Gasteiger partial charge in [-0.2, -0.15) is 0 Å². The molecule has 4 aromatic carbocycles. The van der Waals surface area contributed by atoms with Crippen molar-refractivity contribution in [3.63, 3.8) is 0 Å². The highest BCUT2D eigenvalue weighted by atomic mass is 16.9. The van der Waals surface area contributed by atoms with Crippen LogP contribution in [0.15, 0.2) is 72.8 Å². The first-order valence-corrected chi connectivity index (χ1v) is 22.9. The normalized spacial score (nSPS) is 17.5. The van der Waals surface area contributed by atoms with Crippen LogP contribution in [-0.2, 0) is 54.9 Å². The fourth-order valence-corrected chi connectivity index (χ4v) is 8.58. The molecule has 4 N–H and O–H groups in total. The number of piperazine rings is 1. The van der Waals surface area contributed by atoms with E-state index in [1.54, 1.807) is 30.0 Å². The van der Waals surface area contributed by atoms with Gasteiger partial charge in [-0.15, -0.1) is 0 Å². The van der Waals surface area contributed by atoms with Gasteiger partial charge in [0.05, 0.1) is 70.6 Å². The molecule has 0 spiro atoms. The Balaban J connectivity index is 0.645. The van der Waals surface area contributed by atoms with Gasteiger partial charge in [0.25, 0.3) is 17.7 Å². The molecule has 18 heteroatoms. The van der Waals surface area contributed by atoms with Gasteiger partial charge in [0, 0.05) is 82.6 Å². The van der Waals surface area contributed by atoms with Gasteiger partial charge in [-0.1, -0.05) is 60.2 Å². The van der Waals surface area contributed by atoms with Gasteiger partial charge in [-0.3, -0.25) is 33.9 Å². The zero-order chi connectivity index (χ0) is 46.5. The highest BCUT2D eigenvalue weighted by molar-refractivity contribution is 6.23. The predicted octanol–water partition coefficient (Wildman–Crippen LogP) is 4.22. The minimum atomic E-state index is -0.735. The van der Waals surface area contributed by atoms with Crippen LogP contribution in [0.2, 0.25) is 0 Å². The molecule has 3 amide bonds. The quantitative estimate of drug-likeness (QED) is 0.0610. The highest BCUT2D eigenvalue weighted by Crippen LogP contribution is 2.40. The van der Waals surface area contributed by atoms with Crippen molar-refractivity contribution in [2.24, 2.45) is 0 Å². The number of phenolic OH excluding ortho intramolecular Hbond substituents is 2. The average Bonchev–Trinajstić information content (AvgIpc) is 3.89. The molecule has 67 heavy (non-hydrogen) atoms. The second-order valence-corrected chi connectivity index (χ2v) is 16.8. The summed E-state index contributed by atoms with van der Waals surface area (Å²) in [7, 11) is 0. The topological polar surface area (TPSA) is 193 Å². The van der Waals surface area contributed by atoms with Gasteiger partial charge in [-0.25, -0.2) is 4.90 Å². The van der Waals surface area contributed by atoms with Crippen LogP contribution < -0.4 is 15.7 Å². The van der Waals surface area contributed by atoms with Crippen molar-refractivity contribution in [2.75, 3.05) is 104 Å². The summed E-state index contributed by atoms with van der Waals surface area (Å²) in [6.07, 6.45) is -0.356. The molecule has 1 unspecified atom stereocenters. The number of fused-ring (bicyclic) bond motifs is 2. The first kappa shape index (κ1) is 47.8. The molecule has 4 aromatic rings. The van der Waals surface area contributed by atoms with E-state index < -0.39 is 18.0 Å². The number of anilines is 1. The molecule has 0 radical (unpaired) electrons. The third-order valence-electron chi connectivity index (χ3n) is 12.2. The van der Waals surface area contributed by atoms with Crippen LogP contribution >= 0.6 is 0 Å². The number of hydrogen-bond acceptors (Lipinski definition) is 16. The number of carbonyl (C=O) groups excluding carboxylic acids is 3. The number of amides is 3. The van der Waals surface area contributed by atoms with E-state index in [1.807, 2.05) is 30.3 Å². The number of hydrogen-bond donors (Lipinski definition) is 4. The van der Waals surface area contributed by atoms with Crippen LogP contribution in [0.3, 0.4) is 0 Å². The molecule has 4 aliphatic heterocycles. The number of rotatable bonds is 23. The second-order valence-electron chi connectivity index (χ2n) is 16.8. The number of imide groups is 1. The van der Waals surface area contributed by atoms with E-state index in [0.717, 1.165) is 60.9 Å². The fraction of sp³-hybridized carbons (Fsp3) is 0.449. The molecule has 8 rings (SSSR count). The Morgan fingerprint density at radius 2 is 1.46 bits per heavy atom. The molecule has 0 bridgehead atoms. The smallest absolute Gasteiger partial charge is 0.265 e. The van der Waals surface area contributed by atoms with E-state index in [2.05, 4.69) is 39.0 Å².